The third-order valence-electron chi connectivity index (χ3n) is 11.6. The van der Waals surface area contributed by atoms with Gasteiger partial charge in [-0.05, 0) is 91.8 Å². The highest BCUT2D eigenvalue weighted by atomic mass is 16.3. The van der Waals surface area contributed by atoms with Gasteiger partial charge in [0.05, 0.1) is 12.2 Å². The summed E-state index contributed by atoms with van der Waals surface area (Å²) < 4.78 is 0. The Morgan fingerprint density at radius 3 is 2.45 bits per heavy atom. The fourth-order valence-corrected chi connectivity index (χ4v) is 9.20. The zero-order valence-corrected chi connectivity index (χ0v) is 22.4. The van der Waals surface area contributed by atoms with E-state index in [2.05, 4.69) is 67.5 Å². The number of hydrogen-bond acceptors (Lipinski definition) is 3. The number of ketones is 1. The third kappa shape index (κ3) is 3.46. The van der Waals surface area contributed by atoms with Crippen LogP contribution in [0, 0.1) is 45.3 Å². The van der Waals surface area contributed by atoms with E-state index in [4.69, 9.17) is 0 Å². The van der Waals surface area contributed by atoms with Crippen LogP contribution in [-0.4, -0.2) is 28.2 Å². The predicted molar refractivity (Wildman–Crippen MR) is 135 cm³/mol. The van der Waals surface area contributed by atoms with Crippen LogP contribution in [-0.2, 0) is 4.79 Å². The molecule has 3 nitrogen and oxygen atoms in total. The quantitative estimate of drug-likeness (QED) is 0.476. The van der Waals surface area contributed by atoms with Gasteiger partial charge in [0.15, 0.2) is 0 Å². The maximum Gasteiger partial charge on any atom is 0.141 e. The lowest BCUT2D eigenvalue weighted by Crippen LogP contribution is -2.60. The molecule has 33 heavy (non-hydrogen) atoms. The highest BCUT2D eigenvalue weighted by Gasteiger charge is 2.67. The summed E-state index contributed by atoms with van der Waals surface area (Å²) >= 11 is 0. The van der Waals surface area contributed by atoms with E-state index < -0.39 is 0 Å². The molecule has 186 valence electrons. The van der Waals surface area contributed by atoms with E-state index in [9.17, 15) is 15.0 Å². The summed E-state index contributed by atoms with van der Waals surface area (Å²) in [5.41, 5.74) is 2.31. The Labute approximate surface area is 202 Å². The maximum absolute atomic E-state index is 14.0. The minimum atomic E-state index is -0.361. The summed E-state index contributed by atoms with van der Waals surface area (Å²) in [6.45, 7) is 17.9. The molecule has 4 aliphatic rings. The normalized spacial score (nSPS) is 45.9. The van der Waals surface area contributed by atoms with E-state index in [1.807, 2.05) is 0 Å². The van der Waals surface area contributed by atoms with E-state index in [0.29, 0.717) is 30.5 Å². The summed E-state index contributed by atoms with van der Waals surface area (Å²) in [4.78, 5) is 14.0. The molecule has 0 radical (unpaired) electrons. The Hall–Kier alpha value is -0.930. The first kappa shape index (κ1) is 25.2. The average molecular weight is 457 g/mol. The number of allylic oxidation sites excluding steroid dienone is 3. The molecule has 3 fully saturated rings. The lowest BCUT2D eigenvalue weighted by Gasteiger charge is -2.63. The van der Waals surface area contributed by atoms with Gasteiger partial charge in [-0.2, -0.15) is 0 Å². The Bertz CT molecular complexity index is 864. The van der Waals surface area contributed by atoms with Crippen molar-refractivity contribution in [1.82, 2.24) is 0 Å². The molecule has 0 bridgehead atoms. The molecule has 4 aliphatic carbocycles. The molecular weight excluding hydrogens is 408 g/mol. The maximum atomic E-state index is 14.0. The summed E-state index contributed by atoms with van der Waals surface area (Å²) in [7, 11) is 0. The second-order valence-electron chi connectivity index (χ2n) is 13.7. The van der Waals surface area contributed by atoms with Crippen molar-refractivity contribution in [2.75, 3.05) is 0 Å². The fourth-order valence-electron chi connectivity index (χ4n) is 9.20. The van der Waals surface area contributed by atoms with E-state index in [-0.39, 0.29) is 45.7 Å². The molecule has 0 unspecified atom stereocenters. The fraction of sp³-hybridized carbons (Fsp3) is 0.833. The zero-order chi connectivity index (χ0) is 24.6. The van der Waals surface area contributed by atoms with Crippen LogP contribution >= 0.6 is 0 Å². The Balaban J connectivity index is 1.70. The Morgan fingerprint density at radius 2 is 1.82 bits per heavy atom. The van der Waals surface area contributed by atoms with Crippen LogP contribution in [0.25, 0.3) is 0 Å². The molecule has 4 rings (SSSR count). The molecule has 0 amide bonds. The van der Waals surface area contributed by atoms with Gasteiger partial charge >= 0.3 is 0 Å². The van der Waals surface area contributed by atoms with Gasteiger partial charge < -0.3 is 10.2 Å². The molecule has 2 N–H and O–H groups in total. The Kier molecular flexibility index (Phi) is 6.14. The lowest BCUT2D eigenvalue weighted by molar-refractivity contribution is -0.156. The van der Waals surface area contributed by atoms with Crippen molar-refractivity contribution in [3.63, 3.8) is 0 Å². The van der Waals surface area contributed by atoms with Crippen molar-refractivity contribution < 1.29 is 15.0 Å². The van der Waals surface area contributed by atoms with Crippen molar-refractivity contribution in [3.05, 3.63) is 23.3 Å². The SMILES string of the molecule is CC(C)=CC[C@@H](O)[C@@H](C)[C@H]1CC[C@@]2(C)C3=CC[C@H]4C(C)(C)[C@@H](O)CC[C@]4(C)[C@H]3C(=O)C[C@]12C. The molecule has 0 aromatic carbocycles. The first-order chi connectivity index (χ1) is 15.2. The number of rotatable bonds is 4. The minimum Gasteiger partial charge on any atom is -0.393 e. The summed E-state index contributed by atoms with van der Waals surface area (Å²) in [6.07, 6.45) is 10.1. The molecule has 0 aromatic heterocycles. The second kappa shape index (κ2) is 8.05. The zero-order valence-electron chi connectivity index (χ0n) is 22.4. The van der Waals surface area contributed by atoms with Crippen LogP contribution in [0.3, 0.4) is 0 Å². The van der Waals surface area contributed by atoms with Gasteiger partial charge in [-0.3, -0.25) is 4.79 Å². The number of carbonyl (C=O) groups is 1. The molecule has 0 aromatic rings. The molecule has 3 heteroatoms. The van der Waals surface area contributed by atoms with Crippen molar-refractivity contribution in [2.45, 2.75) is 113 Å². The minimum absolute atomic E-state index is 0.00856. The van der Waals surface area contributed by atoms with Crippen molar-refractivity contribution >= 4 is 5.78 Å². The largest absolute Gasteiger partial charge is 0.393 e. The van der Waals surface area contributed by atoms with Crippen LogP contribution in [0.2, 0.25) is 0 Å². The third-order valence-corrected chi connectivity index (χ3v) is 11.6. The Morgan fingerprint density at radius 1 is 1.15 bits per heavy atom. The van der Waals surface area contributed by atoms with Gasteiger partial charge in [0.2, 0.25) is 0 Å². The highest BCUT2D eigenvalue weighted by Crippen LogP contribution is 2.72. The van der Waals surface area contributed by atoms with Gasteiger partial charge in [0.1, 0.15) is 5.78 Å². The van der Waals surface area contributed by atoms with Gasteiger partial charge in [0.25, 0.3) is 0 Å². The molecule has 0 saturated heterocycles. The molecule has 9 atom stereocenters. The molecule has 3 saturated carbocycles. The van der Waals surface area contributed by atoms with E-state index in [1.165, 1.54) is 11.1 Å². The van der Waals surface area contributed by atoms with E-state index in [0.717, 1.165) is 32.1 Å². The van der Waals surface area contributed by atoms with Crippen LogP contribution in [0.4, 0.5) is 0 Å². The number of fused-ring (bicyclic) bond motifs is 5. The number of carbonyl (C=O) groups excluding carboxylic acids is 1. The average Bonchev–Trinajstić information content (AvgIpc) is 2.99. The highest BCUT2D eigenvalue weighted by molar-refractivity contribution is 5.88. The van der Waals surface area contributed by atoms with Crippen molar-refractivity contribution in [2.24, 2.45) is 45.3 Å². The van der Waals surface area contributed by atoms with Crippen molar-refractivity contribution in [1.29, 1.82) is 0 Å². The summed E-state index contributed by atoms with van der Waals surface area (Å²) in [5, 5.41) is 21.8. The summed E-state index contributed by atoms with van der Waals surface area (Å²) in [5.74, 6) is 1.27. The predicted octanol–water partition coefficient (Wildman–Crippen LogP) is 6.48. The van der Waals surface area contributed by atoms with E-state index >= 15 is 0 Å². The molecule has 0 aliphatic heterocycles. The topological polar surface area (TPSA) is 57.5 Å². The number of aliphatic hydroxyl groups excluding tert-OH is 2. The smallest absolute Gasteiger partial charge is 0.141 e. The van der Waals surface area contributed by atoms with Gasteiger partial charge in [-0.15, -0.1) is 0 Å². The lowest BCUT2D eigenvalue weighted by atomic mass is 9.40. The van der Waals surface area contributed by atoms with Crippen LogP contribution in [0.15, 0.2) is 23.3 Å². The monoisotopic (exact) mass is 456 g/mol. The molecule has 0 spiro atoms. The second-order valence-corrected chi connectivity index (χ2v) is 13.7. The van der Waals surface area contributed by atoms with Crippen LogP contribution < -0.4 is 0 Å². The number of hydrogen-bond donors (Lipinski definition) is 2. The van der Waals surface area contributed by atoms with Gasteiger partial charge in [-0.25, -0.2) is 0 Å². The summed E-state index contributed by atoms with van der Waals surface area (Å²) in [6, 6.07) is 0. The van der Waals surface area contributed by atoms with Crippen LogP contribution in [0.5, 0.6) is 0 Å². The standard InChI is InChI=1S/C30H48O3/c1-18(2)9-11-22(31)19(3)20-13-16-29(7)21-10-12-24-27(4,5)25(33)14-15-28(24,6)26(21)23(32)17-30(20,29)8/h9-10,19-20,22,24-26,31,33H,11-17H2,1-8H3/t19-,20+,22+,24-,25-,26+,28-,29-,30+/m0/s1. The van der Waals surface area contributed by atoms with Crippen molar-refractivity contribution in [3.8, 4) is 0 Å². The van der Waals surface area contributed by atoms with Gasteiger partial charge in [-0.1, -0.05) is 64.8 Å². The molecular formula is C30H48O3. The number of aliphatic hydroxyl groups is 2. The first-order valence-corrected chi connectivity index (χ1v) is 13.4. The first-order valence-electron chi connectivity index (χ1n) is 13.4. The molecule has 0 heterocycles. The van der Waals surface area contributed by atoms with Crippen LogP contribution in [0.1, 0.15) is 100 Å². The van der Waals surface area contributed by atoms with E-state index in [1.54, 1.807) is 0 Å². The number of Topliss-reactive ketones (excluding diaryl/α,β-unsaturated/α-hetero) is 1. The van der Waals surface area contributed by atoms with Gasteiger partial charge in [0, 0.05) is 12.3 Å².